The summed E-state index contributed by atoms with van der Waals surface area (Å²) in [5, 5.41) is 2.76. The minimum atomic E-state index is -3.70. The maximum atomic E-state index is 12.6. The van der Waals surface area contributed by atoms with Gasteiger partial charge in [0, 0.05) is 17.6 Å². The first kappa shape index (κ1) is 16.8. The molecule has 0 aliphatic carbocycles. The van der Waals surface area contributed by atoms with Gasteiger partial charge in [-0.25, -0.2) is 8.42 Å². The number of hydrogen-bond donors (Lipinski definition) is 2. The number of carbonyl (C=O) groups excluding carboxylic acids is 1. The number of carbonyl (C=O) groups is 1. The summed E-state index contributed by atoms with van der Waals surface area (Å²) < 4.78 is 28.6. The van der Waals surface area contributed by atoms with E-state index in [1.54, 1.807) is 30.3 Å². The molecule has 3 rings (SSSR count). The van der Waals surface area contributed by atoms with Crippen molar-refractivity contribution in [1.29, 1.82) is 0 Å². The highest BCUT2D eigenvalue weighted by Crippen LogP contribution is 2.28. The summed E-state index contributed by atoms with van der Waals surface area (Å²) in [6, 6.07) is 13.5. The van der Waals surface area contributed by atoms with Crippen LogP contribution in [0.4, 0.5) is 11.4 Å². The molecule has 0 saturated carbocycles. The third kappa shape index (κ3) is 3.70. The quantitative estimate of drug-likeness (QED) is 0.810. The summed E-state index contributed by atoms with van der Waals surface area (Å²) in [5.74, 6) is -0.0770. The molecular weight excluding hydrogens is 394 g/mol. The molecule has 0 unspecified atom stereocenters. The van der Waals surface area contributed by atoms with Crippen LogP contribution in [0.25, 0.3) is 0 Å². The minimum Gasteiger partial charge on any atom is -0.359 e. The highest BCUT2D eigenvalue weighted by molar-refractivity contribution is 9.10. The monoisotopic (exact) mass is 409 g/mol. The Balaban J connectivity index is 1.90. The first-order chi connectivity index (χ1) is 11.5. The van der Waals surface area contributed by atoms with Crippen LogP contribution >= 0.6 is 15.9 Å². The Morgan fingerprint density at radius 3 is 2.50 bits per heavy atom. The highest BCUT2D eigenvalue weighted by Gasteiger charge is 2.21. The molecule has 1 aliphatic rings. The number of halogens is 1. The molecule has 0 spiro atoms. The number of rotatable bonds is 4. The van der Waals surface area contributed by atoms with Gasteiger partial charge in [0.05, 0.1) is 22.8 Å². The smallest absolute Gasteiger partial charge is 0.261 e. The number of hydrogen-bond acceptors (Lipinski definition) is 4. The molecule has 0 aromatic heterocycles. The maximum absolute atomic E-state index is 12.6. The zero-order valence-corrected chi connectivity index (χ0v) is 15.1. The first-order valence-electron chi connectivity index (χ1n) is 7.35. The third-order valence-electron chi connectivity index (χ3n) is 3.65. The van der Waals surface area contributed by atoms with Crippen LogP contribution in [0.2, 0.25) is 0 Å². The van der Waals surface area contributed by atoms with Crippen molar-refractivity contribution in [2.24, 2.45) is 0 Å². The third-order valence-corrected chi connectivity index (χ3v) is 5.56. The van der Waals surface area contributed by atoms with E-state index in [1.807, 2.05) is 11.0 Å². The second-order valence-electron chi connectivity index (χ2n) is 5.35. The van der Waals surface area contributed by atoms with E-state index >= 15 is 0 Å². The fourth-order valence-corrected chi connectivity index (χ4v) is 3.84. The standard InChI is InChI=1S/C16H16BrN3O3S/c17-12-5-7-13(8-6-12)24(22,23)19-14-3-1-2-4-15(14)20-10-9-18-16(21)11-20/h1-8,19H,9-11H2,(H,18,21). The van der Waals surface area contributed by atoms with E-state index in [-0.39, 0.29) is 17.3 Å². The highest BCUT2D eigenvalue weighted by atomic mass is 79.9. The zero-order chi connectivity index (χ0) is 17.2. The van der Waals surface area contributed by atoms with Gasteiger partial charge in [0.2, 0.25) is 5.91 Å². The van der Waals surface area contributed by atoms with Crippen molar-refractivity contribution in [2.45, 2.75) is 4.90 Å². The normalized spacial score (nSPS) is 15.0. The lowest BCUT2D eigenvalue weighted by atomic mass is 10.2. The van der Waals surface area contributed by atoms with E-state index in [0.717, 1.165) is 4.47 Å². The predicted octanol–water partition coefficient (Wildman–Crippen LogP) is 2.19. The SMILES string of the molecule is O=C1CN(c2ccccc2NS(=O)(=O)c2ccc(Br)cc2)CCN1. The molecule has 1 amide bonds. The van der Waals surface area contributed by atoms with Crippen LogP contribution in [0.3, 0.4) is 0 Å². The van der Waals surface area contributed by atoms with Crippen LogP contribution in [0.1, 0.15) is 0 Å². The Bertz CT molecular complexity index is 853. The Kier molecular flexibility index (Phi) is 4.77. The molecule has 2 N–H and O–H groups in total. The van der Waals surface area contributed by atoms with Crippen molar-refractivity contribution in [2.75, 3.05) is 29.3 Å². The van der Waals surface area contributed by atoms with Gasteiger partial charge in [0.25, 0.3) is 10.0 Å². The van der Waals surface area contributed by atoms with Crippen molar-refractivity contribution in [1.82, 2.24) is 5.32 Å². The van der Waals surface area contributed by atoms with Gasteiger partial charge in [-0.2, -0.15) is 0 Å². The molecule has 126 valence electrons. The topological polar surface area (TPSA) is 78.5 Å². The van der Waals surface area contributed by atoms with E-state index in [2.05, 4.69) is 26.0 Å². The lowest BCUT2D eigenvalue weighted by Gasteiger charge is -2.30. The van der Waals surface area contributed by atoms with Crippen molar-refractivity contribution >= 4 is 43.2 Å². The fourth-order valence-electron chi connectivity index (χ4n) is 2.50. The second kappa shape index (κ2) is 6.82. The number of benzene rings is 2. The van der Waals surface area contributed by atoms with E-state index in [0.29, 0.717) is 24.5 Å². The van der Waals surface area contributed by atoms with Crippen LogP contribution < -0.4 is 14.9 Å². The lowest BCUT2D eigenvalue weighted by molar-refractivity contribution is -0.120. The number of sulfonamides is 1. The number of anilines is 2. The van der Waals surface area contributed by atoms with Crippen LogP contribution in [0.15, 0.2) is 57.9 Å². The van der Waals surface area contributed by atoms with E-state index in [4.69, 9.17) is 0 Å². The van der Waals surface area contributed by atoms with E-state index < -0.39 is 10.0 Å². The van der Waals surface area contributed by atoms with E-state index in [1.165, 1.54) is 12.1 Å². The Morgan fingerprint density at radius 2 is 1.79 bits per heavy atom. The molecule has 1 fully saturated rings. The Morgan fingerprint density at radius 1 is 1.08 bits per heavy atom. The van der Waals surface area contributed by atoms with Crippen LogP contribution in [0, 0.1) is 0 Å². The van der Waals surface area contributed by atoms with Gasteiger partial charge in [-0.1, -0.05) is 28.1 Å². The van der Waals surface area contributed by atoms with Gasteiger partial charge >= 0.3 is 0 Å². The summed E-state index contributed by atoms with van der Waals surface area (Å²) in [6.45, 7) is 1.37. The number of nitrogens with zero attached hydrogens (tertiary/aromatic N) is 1. The molecule has 1 aliphatic heterocycles. The maximum Gasteiger partial charge on any atom is 0.261 e. The van der Waals surface area contributed by atoms with Crippen molar-refractivity contribution in [3.63, 3.8) is 0 Å². The molecule has 1 saturated heterocycles. The zero-order valence-electron chi connectivity index (χ0n) is 12.7. The van der Waals surface area contributed by atoms with Gasteiger partial charge in [-0.05, 0) is 36.4 Å². The Hall–Kier alpha value is -2.06. The summed E-state index contributed by atoms with van der Waals surface area (Å²) in [7, 11) is -3.70. The number of amides is 1. The predicted molar refractivity (Wildman–Crippen MR) is 96.6 cm³/mol. The largest absolute Gasteiger partial charge is 0.359 e. The van der Waals surface area contributed by atoms with Crippen LogP contribution in [0.5, 0.6) is 0 Å². The lowest BCUT2D eigenvalue weighted by Crippen LogP contribution is -2.47. The molecule has 6 nitrogen and oxygen atoms in total. The molecule has 2 aromatic carbocycles. The molecule has 0 atom stereocenters. The van der Waals surface area contributed by atoms with Gasteiger partial charge in [-0.3, -0.25) is 9.52 Å². The molecule has 24 heavy (non-hydrogen) atoms. The van der Waals surface area contributed by atoms with Crippen molar-refractivity contribution in [3.8, 4) is 0 Å². The number of nitrogens with one attached hydrogen (secondary N) is 2. The molecule has 8 heteroatoms. The fraction of sp³-hybridized carbons (Fsp3) is 0.188. The average molecular weight is 410 g/mol. The first-order valence-corrected chi connectivity index (χ1v) is 9.62. The average Bonchev–Trinajstić information content (AvgIpc) is 2.55. The molecule has 1 heterocycles. The van der Waals surface area contributed by atoms with Gasteiger partial charge in [0.1, 0.15) is 0 Å². The summed E-state index contributed by atoms with van der Waals surface area (Å²) in [4.78, 5) is 13.6. The molecule has 0 radical (unpaired) electrons. The van der Waals surface area contributed by atoms with E-state index in [9.17, 15) is 13.2 Å². The summed E-state index contributed by atoms with van der Waals surface area (Å²) >= 11 is 3.29. The summed E-state index contributed by atoms with van der Waals surface area (Å²) in [5.41, 5.74) is 1.14. The van der Waals surface area contributed by atoms with Crippen LogP contribution in [-0.4, -0.2) is 34.0 Å². The van der Waals surface area contributed by atoms with Crippen molar-refractivity contribution in [3.05, 3.63) is 53.0 Å². The molecular formula is C16H16BrN3O3S. The van der Waals surface area contributed by atoms with Crippen molar-refractivity contribution < 1.29 is 13.2 Å². The summed E-state index contributed by atoms with van der Waals surface area (Å²) in [6.07, 6.45) is 0. The molecule has 0 bridgehead atoms. The van der Waals surface area contributed by atoms with Gasteiger partial charge < -0.3 is 10.2 Å². The van der Waals surface area contributed by atoms with Crippen LogP contribution in [-0.2, 0) is 14.8 Å². The minimum absolute atomic E-state index is 0.0770. The Labute approximate surface area is 149 Å². The van der Waals surface area contributed by atoms with Gasteiger partial charge in [-0.15, -0.1) is 0 Å². The number of piperazine rings is 1. The van der Waals surface area contributed by atoms with Gasteiger partial charge in [0.15, 0.2) is 0 Å². The molecule has 2 aromatic rings. The number of para-hydroxylation sites is 2. The second-order valence-corrected chi connectivity index (χ2v) is 7.95.